The van der Waals surface area contributed by atoms with Gasteiger partial charge in [0.15, 0.2) is 5.69 Å². The lowest BCUT2D eigenvalue weighted by molar-refractivity contribution is -0.137. The van der Waals surface area contributed by atoms with Crippen molar-refractivity contribution in [1.29, 1.82) is 0 Å². The van der Waals surface area contributed by atoms with E-state index in [0.717, 1.165) is 47.6 Å². The first-order valence-electron chi connectivity index (χ1n) is 12.3. The van der Waals surface area contributed by atoms with Crippen molar-refractivity contribution < 1.29 is 22.4 Å². The summed E-state index contributed by atoms with van der Waals surface area (Å²) in [6.45, 7) is 0.499. The van der Waals surface area contributed by atoms with Gasteiger partial charge in [-0.25, -0.2) is 4.39 Å². The Kier molecular flexibility index (Phi) is 7.44. The Balaban J connectivity index is 1.08. The molecule has 3 aromatic heterocycles. The standard InChI is InChI=1S/C27H23F4N7O/c28-23-7-2-1-6-22(23)17-11-18-12-20(34-35-24(18)13-17)5-3-4-10-38-16-25(36-37-38)26(39)33-15-21-9-8-19(14-32-21)27(29,30)31/h1-2,6-9,11-12,14,16H,3-5,10,13,15H2,(H,33,39). The zero-order valence-electron chi connectivity index (χ0n) is 20.6. The van der Waals surface area contributed by atoms with Crippen LogP contribution in [0.2, 0.25) is 0 Å². The van der Waals surface area contributed by atoms with E-state index in [9.17, 15) is 22.4 Å². The van der Waals surface area contributed by atoms with Crippen molar-refractivity contribution in [3.8, 4) is 0 Å². The van der Waals surface area contributed by atoms with Crippen LogP contribution >= 0.6 is 0 Å². The number of unbranched alkanes of at least 4 members (excludes halogenated alkanes) is 1. The Bertz CT molecular complexity index is 1510. The average molecular weight is 538 g/mol. The molecule has 0 bridgehead atoms. The van der Waals surface area contributed by atoms with Crippen LogP contribution in [0.4, 0.5) is 17.6 Å². The first kappa shape index (κ1) is 26.1. The lowest BCUT2D eigenvalue weighted by Crippen LogP contribution is -2.23. The number of aromatic nitrogens is 6. The molecule has 0 saturated heterocycles. The fourth-order valence-electron chi connectivity index (χ4n) is 4.22. The van der Waals surface area contributed by atoms with E-state index in [-0.39, 0.29) is 23.7 Å². The number of carbonyl (C=O) groups is 1. The number of nitrogens with one attached hydrogen (secondary N) is 1. The molecule has 5 rings (SSSR count). The summed E-state index contributed by atoms with van der Waals surface area (Å²) in [5, 5.41) is 19.0. The summed E-state index contributed by atoms with van der Waals surface area (Å²) in [6, 6.07) is 10.8. The summed E-state index contributed by atoms with van der Waals surface area (Å²) in [4.78, 5) is 16.0. The highest BCUT2D eigenvalue weighted by Crippen LogP contribution is 2.32. The largest absolute Gasteiger partial charge is 0.417 e. The van der Waals surface area contributed by atoms with Crippen molar-refractivity contribution >= 4 is 17.6 Å². The van der Waals surface area contributed by atoms with Crippen molar-refractivity contribution in [3.05, 3.63) is 100 Å². The molecule has 0 saturated carbocycles. The normalized spacial score (nSPS) is 12.8. The zero-order chi connectivity index (χ0) is 27.4. The number of hydrogen-bond acceptors (Lipinski definition) is 6. The van der Waals surface area contributed by atoms with Gasteiger partial charge in [0.05, 0.1) is 35.4 Å². The van der Waals surface area contributed by atoms with E-state index in [1.54, 1.807) is 16.8 Å². The van der Waals surface area contributed by atoms with Gasteiger partial charge >= 0.3 is 6.18 Å². The van der Waals surface area contributed by atoms with Crippen molar-refractivity contribution in [2.24, 2.45) is 0 Å². The van der Waals surface area contributed by atoms with Gasteiger partial charge < -0.3 is 5.32 Å². The summed E-state index contributed by atoms with van der Waals surface area (Å²) >= 11 is 0. The maximum Gasteiger partial charge on any atom is 0.417 e. The summed E-state index contributed by atoms with van der Waals surface area (Å²) in [5.74, 6) is -0.756. The molecule has 200 valence electrons. The van der Waals surface area contributed by atoms with Crippen LogP contribution in [0.1, 0.15) is 57.1 Å². The third kappa shape index (κ3) is 6.33. The van der Waals surface area contributed by atoms with Crippen LogP contribution in [0, 0.1) is 5.82 Å². The number of alkyl halides is 3. The molecule has 3 heterocycles. The van der Waals surface area contributed by atoms with E-state index in [0.29, 0.717) is 24.9 Å². The van der Waals surface area contributed by atoms with Gasteiger partial charge in [0.25, 0.3) is 5.91 Å². The molecule has 12 heteroatoms. The van der Waals surface area contributed by atoms with Gasteiger partial charge in [-0.3, -0.25) is 14.5 Å². The second-order valence-electron chi connectivity index (χ2n) is 9.11. The molecule has 0 radical (unpaired) electrons. The lowest BCUT2D eigenvalue weighted by Gasteiger charge is -2.07. The SMILES string of the molecule is O=C(NCc1ccc(C(F)(F)F)cn1)c1cn(CCCCc2cc3c(nn2)CC(c2ccccc2F)=C3)nn1. The van der Waals surface area contributed by atoms with E-state index in [4.69, 9.17) is 0 Å². The smallest absolute Gasteiger partial charge is 0.345 e. The molecule has 1 aliphatic carbocycles. The Morgan fingerprint density at radius 1 is 1.03 bits per heavy atom. The number of fused-ring (bicyclic) bond motifs is 1. The number of carbonyl (C=O) groups excluding carboxylic acids is 1. The minimum absolute atomic E-state index is 0.0391. The van der Waals surface area contributed by atoms with Crippen LogP contribution in [0.15, 0.2) is 54.9 Å². The molecule has 0 spiro atoms. The van der Waals surface area contributed by atoms with E-state index >= 15 is 0 Å². The minimum Gasteiger partial charge on any atom is -0.345 e. The van der Waals surface area contributed by atoms with Crippen LogP contribution in [0.3, 0.4) is 0 Å². The zero-order valence-corrected chi connectivity index (χ0v) is 20.6. The van der Waals surface area contributed by atoms with Gasteiger partial charge in [-0.15, -0.1) is 5.10 Å². The van der Waals surface area contributed by atoms with Crippen LogP contribution in [-0.2, 0) is 32.1 Å². The molecule has 0 atom stereocenters. The van der Waals surface area contributed by atoms with Gasteiger partial charge in [0, 0.05) is 30.3 Å². The second-order valence-corrected chi connectivity index (χ2v) is 9.11. The Morgan fingerprint density at radius 3 is 2.64 bits per heavy atom. The Morgan fingerprint density at radius 2 is 1.87 bits per heavy atom. The highest BCUT2D eigenvalue weighted by atomic mass is 19.4. The monoisotopic (exact) mass is 537 g/mol. The number of nitrogens with zero attached hydrogens (tertiary/aromatic N) is 6. The third-order valence-electron chi connectivity index (χ3n) is 6.29. The van der Waals surface area contributed by atoms with Crippen molar-refractivity contribution in [3.63, 3.8) is 0 Å². The van der Waals surface area contributed by atoms with Crippen molar-refractivity contribution in [1.82, 2.24) is 35.5 Å². The molecule has 0 aliphatic heterocycles. The number of amides is 1. The van der Waals surface area contributed by atoms with Gasteiger partial charge in [0.1, 0.15) is 5.82 Å². The van der Waals surface area contributed by atoms with Gasteiger partial charge in [0.2, 0.25) is 0 Å². The Labute approximate surface area is 220 Å². The fraction of sp³-hybridized carbons (Fsp3) is 0.259. The fourth-order valence-corrected chi connectivity index (χ4v) is 4.22. The minimum atomic E-state index is -4.46. The van der Waals surface area contributed by atoms with Crippen LogP contribution in [-0.4, -0.2) is 36.1 Å². The quantitative estimate of drug-likeness (QED) is 0.246. The van der Waals surface area contributed by atoms with Crippen LogP contribution in [0.5, 0.6) is 0 Å². The van der Waals surface area contributed by atoms with E-state index in [2.05, 4.69) is 30.8 Å². The molecule has 1 N–H and O–H groups in total. The number of aryl methyl sites for hydroxylation is 2. The highest BCUT2D eigenvalue weighted by Gasteiger charge is 2.30. The summed E-state index contributed by atoms with van der Waals surface area (Å²) < 4.78 is 53.6. The highest BCUT2D eigenvalue weighted by molar-refractivity contribution is 5.91. The van der Waals surface area contributed by atoms with E-state index < -0.39 is 17.6 Å². The number of rotatable bonds is 9. The van der Waals surface area contributed by atoms with Gasteiger partial charge in [-0.05, 0) is 55.2 Å². The first-order chi connectivity index (χ1) is 18.8. The van der Waals surface area contributed by atoms with E-state index in [1.165, 1.54) is 18.3 Å². The molecular formula is C27H23F4N7O. The predicted octanol–water partition coefficient (Wildman–Crippen LogP) is 4.67. The number of hydrogen-bond donors (Lipinski definition) is 1. The number of halogens is 4. The lowest BCUT2D eigenvalue weighted by atomic mass is 10.0. The second kappa shape index (κ2) is 11.1. The maximum absolute atomic E-state index is 14.1. The molecule has 8 nitrogen and oxygen atoms in total. The molecule has 1 aliphatic rings. The van der Waals surface area contributed by atoms with Gasteiger partial charge in [-0.2, -0.15) is 23.4 Å². The summed E-state index contributed by atoms with van der Waals surface area (Å²) in [7, 11) is 0. The molecule has 0 unspecified atom stereocenters. The Hall–Kier alpha value is -4.48. The predicted molar refractivity (Wildman–Crippen MR) is 133 cm³/mol. The molecule has 4 aromatic rings. The molecular weight excluding hydrogens is 514 g/mol. The average Bonchev–Trinajstić information content (AvgIpc) is 3.57. The molecule has 1 aromatic carbocycles. The third-order valence-corrected chi connectivity index (χ3v) is 6.29. The summed E-state index contributed by atoms with van der Waals surface area (Å²) in [5.41, 5.74) is 3.63. The molecule has 1 amide bonds. The van der Waals surface area contributed by atoms with E-state index in [1.807, 2.05) is 18.2 Å². The van der Waals surface area contributed by atoms with Crippen LogP contribution in [0.25, 0.3) is 11.6 Å². The molecule has 39 heavy (non-hydrogen) atoms. The summed E-state index contributed by atoms with van der Waals surface area (Å²) in [6.07, 6.45) is 2.55. The van der Waals surface area contributed by atoms with Crippen molar-refractivity contribution in [2.45, 2.75) is 44.9 Å². The number of benzene rings is 1. The first-order valence-corrected chi connectivity index (χ1v) is 12.3. The number of allylic oxidation sites excluding steroid dienone is 1. The maximum atomic E-state index is 14.1. The topological polar surface area (TPSA) is 98.5 Å². The number of pyridine rings is 1. The van der Waals surface area contributed by atoms with Crippen LogP contribution < -0.4 is 5.32 Å². The molecule has 0 fully saturated rings. The van der Waals surface area contributed by atoms with Gasteiger partial charge in [-0.1, -0.05) is 23.4 Å². The van der Waals surface area contributed by atoms with Crippen molar-refractivity contribution in [2.75, 3.05) is 0 Å².